The van der Waals surface area contributed by atoms with Crippen molar-refractivity contribution in [3.05, 3.63) is 35.4 Å². The highest BCUT2D eigenvalue weighted by atomic mass is 16.1. The molecule has 1 atom stereocenters. The van der Waals surface area contributed by atoms with Crippen molar-refractivity contribution in [2.24, 2.45) is 0 Å². The molecule has 1 saturated heterocycles. The summed E-state index contributed by atoms with van der Waals surface area (Å²) in [7, 11) is 0. The minimum Gasteiger partial charge on any atom is -0.348 e. The predicted octanol–water partition coefficient (Wildman–Crippen LogP) is 2.29. The zero-order valence-corrected chi connectivity index (χ0v) is 11.2. The van der Waals surface area contributed by atoms with Gasteiger partial charge in [0.15, 0.2) is 0 Å². The summed E-state index contributed by atoms with van der Waals surface area (Å²) in [4.78, 5) is 12.1. The third-order valence-corrected chi connectivity index (χ3v) is 3.47. The number of amides is 1. The van der Waals surface area contributed by atoms with Crippen molar-refractivity contribution in [1.82, 2.24) is 10.6 Å². The van der Waals surface area contributed by atoms with Crippen molar-refractivity contribution in [2.75, 3.05) is 13.1 Å². The third-order valence-electron chi connectivity index (χ3n) is 3.47. The second kappa shape index (κ2) is 6.01. The molecular formula is C15H22N2O. The number of hydrogen-bond donors (Lipinski definition) is 2. The first-order chi connectivity index (χ1) is 8.66. The number of carbonyl (C=O) groups is 1. The van der Waals surface area contributed by atoms with Crippen LogP contribution in [0.25, 0.3) is 0 Å². The zero-order valence-electron chi connectivity index (χ0n) is 11.2. The molecule has 1 fully saturated rings. The van der Waals surface area contributed by atoms with Crippen molar-refractivity contribution >= 4 is 5.91 Å². The number of rotatable bonds is 3. The summed E-state index contributed by atoms with van der Waals surface area (Å²) in [6.07, 6.45) is 2.21. The Labute approximate surface area is 109 Å². The van der Waals surface area contributed by atoms with Crippen LogP contribution in [0, 0.1) is 0 Å². The summed E-state index contributed by atoms with van der Waals surface area (Å²) in [5, 5.41) is 6.38. The molecule has 2 N–H and O–H groups in total. The van der Waals surface area contributed by atoms with Crippen LogP contribution in [-0.4, -0.2) is 25.0 Å². The van der Waals surface area contributed by atoms with E-state index in [0.717, 1.165) is 31.5 Å². The summed E-state index contributed by atoms with van der Waals surface area (Å²) < 4.78 is 0. The van der Waals surface area contributed by atoms with Gasteiger partial charge in [0.05, 0.1) is 0 Å². The molecule has 0 spiro atoms. The average molecular weight is 246 g/mol. The Morgan fingerprint density at radius 2 is 2.06 bits per heavy atom. The standard InChI is InChI=1S/C15H22N2O/c1-11(2)12-5-7-13(8-6-12)15(18)17-14-4-3-9-16-10-14/h5-8,11,14,16H,3-4,9-10H2,1-2H3,(H,17,18)/t14-/m0/s1. The van der Waals surface area contributed by atoms with Crippen molar-refractivity contribution in [1.29, 1.82) is 0 Å². The Kier molecular flexibility index (Phi) is 4.37. The largest absolute Gasteiger partial charge is 0.348 e. The van der Waals surface area contributed by atoms with Gasteiger partial charge in [-0.2, -0.15) is 0 Å². The van der Waals surface area contributed by atoms with E-state index < -0.39 is 0 Å². The molecule has 0 radical (unpaired) electrons. The molecule has 1 aromatic rings. The summed E-state index contributed by atoms with van der Waals surface area (Å²) in [6, 6.07) is 8.19. The third kappa shape index (κ3) is 3.33. The molecule has 0 aromatic heterocycles. The van der Waals surface area contributed by atoms with Gasteiger partial charge in [0, 0.05) is 18.2 Å². The van der Waals surface area contributed by atoms with Crippen LogP contribution < -0.4 is 10.6 Å². The van der Waals surface area contributed by atoms with Gasteiger partial charge in [-0.3, -0.25) is 4.79 Å². The van der Waals surface area contributed by atoms with Gasteiger partial charge in [-0.05, 0) is 43.0 Å². The molecule has 1 aliphatic rings. The second-order valence-electron chi connectivity index (χ2n) is 5.29. The first kappa shape index (κ1) is 13.1. The second-order valence-corrected chi connectivity index (χ2v) is 5.29. The van der Waals surface area contributed by atoms with Gasteiger partial charge in [-0.1, -0.05) is 26.0 Å². The zero-order chi connectivity index (χ0) is 13.0. The van der Waals surface area contributed by atoms with Crippen LogP contribution in [0.3, 0.4) is 0 Å². The number of hydrogen-bond acceptors (Lipinski definition) is 2. The van der Waals surface area contributed by atoms with Crippen molar-refractivity contribution < 1.29 is 4.79 Å². The lowest BCUT2D eigenvalue weighted by Crippen LogP contribution is -2.45. The van der Waals surface area contributed by atoms with E-state index >= 15 is 0 Å². The minimum atomic E-state index is 0.0407. The van der Waals surface area contributed by atoms with Gasteiger partial charge in [-0.15, -0.1) is 0 Å². The van der Waals surface area contributed by atoms with Crippen LogP contribution >= 0.6 is 0 Å². The highest BCUT2D eigenvalue weighted by Gasteiger charge is 2.16. The summed E-state index contributed by atoms with van der Waals surface area (Å²) >= 11 is 0. The molecule has 98 valence electrons. The summed E-state index contributed by atoms with van der Waals surface area (Å²) in [5.41, 5.74) is 2.02. The summed E-state index contributed by atoms with van der Waals surface area (Å²) in [5.74, 6) is 0.545. The van der Waals surface area contributed by atoms with Gasteiger partial charge in [0.1, 0.15) is 0 Å². The Morgan fingerprint density at radius 1 is 1.33 bits per heavy atom. The van der Waals surface area contributed by atoms with E-state index in [2.05, 4.69) is 24.5 Å². The molecule has 1 amide bonds. The normalized spacial score (nSPS) is 19.8. The number of benzene rings is 1. The minimum absolute atomic E-state index is 0.0407. The quantitative estimate of drug-likeness (QED) is 0.859. The maximum atomic E-state index is 12.1. The van der Waals surface area contributed by atoms with Crippen LogP contribution in [0.5, 0.6) is 0 Å². The van der Waals surface area contributed by atoms with Crippen molar-refractivity contribution in [3.63, 3.8) is 0 Å². The van der Waals surface area contributed by atoms with Gasteiger partial charge < -0.3 is 10.6 Å². The van der Waals surface area contributed by atoms with Crippen LogP contribution in [0.1, 0.15) is 48.5 Å². The van der Waals surface area contributed by atoms with Gasteiger partial charge in [-0.25, -0.2) is 0 Å². The van der Waals surface area contributed by atoms with Gasteiger partial charge in [0.25, 0.3) is 5.91 Å². The number of nitrogens with one attached hydrogen (secondary N) is 2. The van der Waals surface area contributed by atoms with E-state index in [1.54, 1.807) is 0 Å². The maximum Gasteiger partial charge on any atom is 0.251 e. The van der Waals surface area contributed by atoms with Gasteiger partial charge in [0.2, 0.25) is 0 Å². The molecule has 18 heavy (non-hydrogen) atoms. The van der Waals surface area contributed by atoms with Crippen LogP contribution in [0.2, 0.25) is 0 Å². The van der Waals surface area contributed by atoms with E-state index in [-0.39, 0.29) is 11.9 Å². The van der Waals surface area contributed by atoms with E-state index in [1.165, 1.54) is 5.56 Å². The molecule has 0 unspecified atom stereocenters. The molecule has 0 aliphatic carbocycles. The van der Waals surface area contributed by atoms with E-state index in [1.807, 2.05) is 24.3 Å². The Balaban J connectivity index is 1.95. The predicted molar refractivity (Wildman–Crippen MR) is 73.9 cm³/mol. The SMILES string of the molecule is CC(C)c1ccc(C(=O)N[C@H]2CCCNC2)cc1. The Bertz CT molecular complexity index is 391. The fourth-order valence-corrected chi connectivity index (χ4v) is 2.26. The fourth-order valence-electron chi connectivity index (χ4n) is 2.26. The highest BCUT2D eigenvalue weighted by molar-refractivity contribution is 5.94. The maximum absolute atomic E-state index is 12.1. The number of carbonyl (C=O) groups excluding carboxylic acids is 1. The first-order valence-corrected chi connectivity index (χ1v) is 6.78. The van der Waals surface area contributed by atoms with E-state index in [9.17, 15) is 4.79 Å². The number of piperidine rings is 1. The Hall–Kier alpha value is -1.35. The Morgan fingerprint density at radius 3 is 2.61 bits per heavy atom. The lowest BCUT2D eigenvalue weighted by atomic mass is 10.0. The topological polar surface area (TPSA) is 41.1 Å². The van der Waals surface area contributed by atoms with Crippen LogP contribution in [0.15, 0.2) is 24.3 Å². The average Bonchev–Trinajstić information content (AvgIpc) is 2.40. The molecule has 1 aromatic carbocycles. The molecule has 3 nitrogen and oxygen atoms in total. The lowest BCUT2D eigenvalue weighted by Gasteiger charge is -2.23. The smallest absolute Gasteiger partial charge is 0.251 e. The van der Waals surface area contributed by atoms with Crippen LogP contribution in [-0.2, 0) is 0 Å². The van der Waals surface area contributed by atoms with Crippen molar-refractivity contribution in [2.45, 2.75) is 38.6 Å². The monoisotopic (exact) mass is 246 g/mol. The van der Waals surface area contributed by atoms with E-state index in [4.69, 9.17) is 0 Å². The first-order valence-electron chi connectivity index (χ1n) is 6.78. The van der Waals surface area contributed by atoms with Crippen LogP contribution in [0.4, 0.5) is 0 Å². The van der Waals surface area contributed by atoms with E-state index in [0.29, 0.717) is 5.92 Å². The lowest BCUT2D eigenvalue weighted by molar-refractivity contribution is 0.0930. The molecule has 0 bridgehead atoms. The molecule has 2 rings (SSSR count). The molecule has 0 saturated carbocycles. The molecule has 3 heteroatoms. The molecule has 1 heterocycles. The molecular weight excluding hydrogens is 224 g/mol. The van der Waals surface area contributed by atoms with Gasteiger partial charge >= 0.3 is 0 Å². The molecule has 1 aliphatic heterocycles. The fraction of sp³-hybridized carbons (Fsp3) is 0.533. The summed E-state index contributed by atoms with van der Waals surface area (Å²) in [6.45, 7) is 6.26. The highest BCUT2D eigenvalue weighted by Crippen LogP contribution is 2.14. The van der Waals surface area contributed by atoms with Crippen molar-refractivity contribution in [3.8, 4) is 0 Å².